The molecule has 0 aromatic carbocycles. The third kappa shape index (κ3) is 5.91. The third-order valence-corrected chi connectivity index (χ3v) is 10.1. The molecule has 3 heteroatoms. The van der Waals surface area contributed by atoms with Crippen molar-refractivity contribution in [1.29, 1.82) is 0 Å². The van der Waals surface area contributed by atoms with Crippen LogP contribution in [0.15, 0.2) is 0 Å². The zero-order chi connectivity index (χ0) is 15.6. The van der Waals surface area contributed by atoms with Crippen LogP contribution in [0.1, 0.15) is 96.3 Å². The summed E-state index contributed by atoms with van der Waals surface area (Å²) in [6.45, 7) is 2.04. The standard InChI is InChI=1S/C18H33P.CH7NSi/c1-4-10-16(11-5-1)19(17-12-6-2-7-13-17)18-14-8-3-9-15-18;1-3-2/h16-18H,1-15H2;2-3H2,1H3. The first-order valence-corrected chi connectivity index (χ1v) is 14.1. The van der Waals surface area contributed by atoms with E-state index in [0.29, 0.717) is 7.92 Å². The molecule has 3 aliphatic carbocycles. The summed E-state index contributed by atoms with van der Waals surface area (Å²) in [4.78, 5) is 0. The molecule has 0 atom stereocenters. The molecule has 0 amide bonds. The molecule has 2 N–H and O–H groups in total. The van der Waals surface area contributed by atoms with E-state index in [2.05, 4.69) is 0 Å². The second-order valence-electron chi connectivity index (χ2n) is 7.73. The monoisotopic (exact) mass is 341 g/mol. The van der Waals surface area contributed by atoms with E-state index in [1.54, 1.807) is 77.0 Å². The Kier molecular flexibility index (Phi) is 9.65. The lowest BCUT2D eigenvalue weighted by molar-refractivity contribution is 0.460. The van der Waals surface area contributed by atoms with Gasteiger partial charge in [0.25, 0.3) is 0 Å². The lowest BCUT2D eigenvalue weighted by atomic mass is 9.99. The summed E-state index contributed by atoms with van der Waals surface area (Å²) < 4.78 is 0. The average Bonchev–Trinajstić information content (AvgIpc) is 2.59. The predicted molar refractivity (Wildman–Crippen MR) is 106 cm³/mol. The van der Waals surface area contributed by atoms with Gasteiger partial charge in [-0.05, 0) is 55.5 Å². The van der Waals surface area contributed by atoms with E-state index < -0.39 is 0 Å². The fourth-order valence-electron chi connectivity index (χ4n) is 5.03. The van der Waals surface area contributed by atoms with Crippen LogP contribution in [0.4, 0.5) is 0 Å². The molecule has 0 aliphatic heterocycles. The number of nitrogens with two attached hydrogens (primary N) is 1. The van der Waals surface area contributed by atoms with Gasteiger partial charge in [-0.2, -0.15) is 0 Å². The van der Waals surface area contributed by atoms with Crippen LogP contribution in [-0.4, -0.2) is 26.7 Å². The highest BCUT2D eigenvalue weighted by Crippen LogP contribution is 2.61. The summed E-state index contributed by atoms with van der Waals surface area (Å²) in [6, 6.07) is 0. The number of hydrogen-bond donors (Lipinski definition) is 1. The second-order valence-corrected chi connectivity index (χ2v) is 11.6. The molecular weight excluding hydrogens is 301 g/mol. The fraction of sp³-hybridized carbons (Fsp3) is 1.00. The molecule has 130 valence electrons. The van der Waals surface area contributed by atoms with Gasteiger partial charge < -0.3 is 5.40 Å². The first-order valence-electron chi connectivity index (χ1n) is 10.3. The van der Waals surface area contributed by atoms with Crippen LogP contribution in [-0.2, 0) is 0 Å². The number of hydrogen-bond acceptors (Lipinski definition) is 1. The molecule has 3 aliphatic rings. The zero-order valence-electron chi connectivity index (χ0n) is 15.1. The van der Waals surface area contributed by atoms with E-state index in [9.17, 15) is 0 Å². The van der Waals surface area contributed by atoms with Gasteiger partial charge in [-0.15, -0.1) is 0 Å². The summed E-state index contributed by atoms with van der Waals surface area (Å²) in [6.07, 6.45) is 23.6. The van der Waals surface area contributed by atoms with Gasteiger partial charge >= 0.3 is 0 Å². The Morgan fingerprint density at radius 3 is 1.05 bits per heavy atom. The maximum Gasteiger partial charge on any atom is 0.0856 e. The van der Waals surface area contributed by atoms with Crippen LogP contribution in [0, 0.1) is 0 Å². The Morgan fingerprint density at radius 1 is 0.591 bits per heavy atom. The van der Waals surface area contributed by atoms with Crippen molar-refractivity contribution in [1.82, 2.24) is 0 Å². The Hall–Kier alpha value is 0.607. The largest absolute Gasteiger partial charge is 0.356 e. The molecule has 0 radical (unpaired) electrons. The maximum atomic E-state index is 4.99. The normalized spacial score (nSPS) is 26.3. The molecule has 0 unspecified atom stereocenters. The van der Waals surface area contributed by atoms with Crippen molar-refractivity contribution in [3.63, 3.8) is 0 Å². The fourth-order valence-corrected chi connectivity index (χ4v) is 9.71. The predicted octanol–water partition coefficient (Wildman–Crippen LogP) is 5.54. The molecule has 0 aromatic rings. The van der Waals surface area contributed by atoms with Gasteiger partial charge in [-0.1, -0.05) is 72.3 Å². The SMILES string of the molecule is C1CCC(P(C2CCCCC2)C2CCCCC2)CC1.C[SiH2]N. The summed E-state index contributed by atoms with van der Waals surface area (Å²) in [5, 5.41) is 4.99. The molecule has 0 spiro atoms. The summed E-state index contributed by atoms with van der Waals surface area (Å²) in [5.74, 6) is 0. The number of rotatable bonds is 3. The zero-order valence-corrected chi connectivity index (χ0v) is 17.4. The molecule has 3 rings (SSSR count). The smallest absolute Gasteiger partial charge is 0.0856 e. The Bertz CT molecular complexity index is 226. The van der Waals surface area contributed by atoms with E-state index in [1.807, 2.05) is 6.55 Å². The molecule has 1 nitrogen and oxygen atoms in total. The van der Waals surface area contributed by atoms with Crippen LogP contribution in [0.3, 0.4) is 0 Å². The van der Waals surface area contributed by atoms with E-state index in [-0.39, 0.29) is 9.68 Å². The molecule has 0 saturated heterocycles. The average molecular weight is 342 g/mol. The van der Waals surface area contributed by atoms with Crippen molar-refractivity contribution < 1.29 is 0 Å². The van der Waals surface area contributed by atoms with Gasteiger partial charge in [0.15, 0.2) is 0 Å². The highest BCUT2D eigenvalue weighted by Gasteiger charge is 2.36. The molecule has 0 aromatic heterocycles. The van der Waals surface area contributed by atoms with E-state index >= 15 is 0 Å². The van der Waals surface area contributed by atoms with Crippen LogP contribution < -0.4 is 5.40 Å². The van der Waals surface area contributed by atoms with Crippen LogP contribution in [0.25, 0.3) is 0 Å². The third-order valence-electron chi connectivity index (χ3n) is 5.99. The Balaban J connectivity index is 0.000000545. The molecule has 0 heterocycles. The summed E-state index contributed by atoms with van der Waals surface area (Å²) >= 11 is 0. The van der Waals surface area contributed by atoms with E-state index in [0.717, 1.165) is 0 Å². The highest BCUT2D eigenvalue weighted by atomic mass is 31.1. The minimum atomic E-state index is -0.0833. The van der Waals surface area contributed by atoms with Gasteiger partial charge in [0.05, 0.1) is 9.68 Å². The topological polar surface area (TPSA) is 26.0 Å². The van der Waals surface area contributed by atoms with E-state index in [1.165, 1.54) is 36.2 Å². The van der Waals surface area contributed by atoms with Crippen molar-refractivity contribution in [3.05, 3.63) is 0 Å². The van der Waals surface area contributed by atoms with Crippen molar-refractivity contribution in [2.24, 2.45) is 5.40 Å². The van der Waals surface area contributed by atoms with Crippen molar-refractivity contribution in [3.8, 4) is 0 Å². The molecule has 3 fully saturated rings. The Morgan fingerprint density at radius 2 is 0.818 bits per heavy atom. The van der Waals surface area contributed by atoms with Crippen molar-refractivity contribution >= 4 is 17.6 Å². The van der Waals surface area contributed by atoms with Crippen LogP contribution >= 0.6 is 7.92 Å². The maximum absolute atomic E-state index is 4.99. The molecule has 22 heavy (non-hydrogen) atoms. The Labute approximate surface area is 143 Å². The molecular formula is C19H40NPSi. The minimum Gasteiger partial charge on any atom is -0.356 e. The quantitative estimate of drug-likeness (QED) is 0.529. The lowest BCUT2D eigenvalue weighted by Crippen LogP contribution is -2.28. The van der Waals surface area contributed by atoms with Crippen LogP contribution in [0.2, 0.25) is 6.55 Å². The van der Waals surface area contributed by atoms with Crippen molar-refractivity contribution in [2.75, 3.05) is 0 Å². The van der Waals surface area contributed by atoms with Crippen molar-refractivity contribution in [2.45, 2.75) is 120 Å². The highest BCUT2D eigenvalue weighted by molar-refractivity contribution is 7.60. The minimum absolute atomic E-state index is 0.0833. The molecule has 3 saturated carbocycles. The summed E-state index contributed by atoms with van der Waals surface area (Å²) in [5.41, 5.74) is 3.57. The van der Waals surface area contributed by atoms with Gasteiger partial charge in [0.1, 0.15) is 0 Å². The summed E-state index contributed by atoms with van der Waals surface area (Å²) in [7, 11) is 0.302. The van der Waals surface area contributed by atoms with Crippen LogP contribution in [0.5, 0.6) is 0 Å². The first-order chi connectivity index (χ1) is 10.9. The van der Waals surface area contributed by atoms with Gasteiger partial charge in [-0.25, -0.2) is 0 Å². The second kappa shape index (κ2) is 11.2. The van der Waals surface area contributed by atoms with E-state index in [4.69, 9.17) is 5.40 Å². The van der Waals surface area contributed by atoms with Gasteiger partial charge in [0.2, 0.25) is 0 Å². The first kappa shape index (κ1) is 18.9. The lowest BCUT2D eigenvalue weighted by Gasteiger charge is -2.44. The van der Waals surface area contributed by atoms with Gasteiger partial charge in [0, 0.05) is 0 Å². The van der Waals surface area contributed by atoms with Gasteiger partial charge in [-0.3, -0.25) is 0 Å². The molecule has 0 bridgehead atoms.